The van der Waals surface area contributed by atoms with Crippen molar-refractivity contribution >= 4 is 23.0 Å². The fraction of sp³-hybridized carbons (Fsp3) is 0.381. The highest BCUT2D eigenvalue weighted by Gasteiger charge is 2.09. The van der Waals surface area contributed by atoms with Crippen LogP contribution in [0, 0.1) is 6.92 Å². The standard InChI is InChI=1S/C21H27N3O2S/c1-17-3-7-19(8-4-17)26-20-9-5-18(6-10-20)23-21(27)22-11-2-12-24-13-15-25-16-14-24/h3-10H,2,11-16H2,1H3,(H2,22,23,27). The van der Waals surface area contributed by atoms with E-state index in [2.05, 4.69) is 22.5 Å². The topological polar surface area (TPSA) is 45.8 Å². The van der Waals surface area contributed by atoms with E-state index < -0.39 is 0 Å². The average molecular weight is 386 g/mol. The van der Waals surface area contributed by atoms with Crippen LogP contribution in [0.1, 0.15) is 12.0 Å². The lowest BCUT2D eigenvalue weighted by atomic mass is 10.2. The zero-order valence-corrected chi connectivity index (χ0v) is 16.6. The molecule has 1 aliphatic rings. The number of hydrogen-bond donors (Lipinski definition) is 2. The minimum absolute atomic E-state index is 0.643. The maximum Gasteiger partial charge on any atom is 0.170 e. The maximum atomic E-state index is 5.84. The van der Waals surface area contributed by atoms with Crippen molar-refractivity contribution in [2.45, 2.75) is 13.3 Å². The molecule has 0 saturated carbocycles. The van der Waals surface area contributed by atoms with Gasteiger partial charge in [-0.3, -0.25) is 4.90 Å². The van der Waals surface area contributed by atoms with Crippen molar-refractivity contribution in [2.75, 3.05) is 44.7 Å². The van der Waals surface area contributed by atoms with Gasteiger partial charge in [-0.25, -0.2) is 0 Å². The number of rotatable bonds is 7. The molecule has 0 atom stereocenters. The van der Waals surface area contributed by atoms with Crippen molar-refractivity contribution in [1.82, 2.24) is 10.2 Å². The number of hydrogen-bond acceptors (Lipinski definition) is 4. The van der Waals surface area contributed by atoms with Gasteiger partial charge in [-0.15, -0.1) is 0 Å². The summed E-state index contributed by atoms with van der Waals surface area (Å²) in [6.45, 7) is 7.74. The lowest BCUT2D eigenvalue weighted by Crippen LogP contribution is -2.38. The highest BCUT2D eigenvalue weighted by Crippen LogP contribution is 2.23. The Morgan fingerprint density at radius 1 is 1.04 bits per heavy atom. The molecule has 1 heterocycles. The smallest absolute Gasteiger partial charge is 0.170 e. The fourth-order valence-electron chi connectivity index (χ4n) is 2.85. The van der Waals surface area contributed by atoms with Gasteiger partial charge in [0.05, 0.1) is 13.2 Å². The fourth-order valence-corrected chi connectivity index (χ4v) is 3.07. The number of thiocarbonyl (C=S) groups is 1. The molecule has 0 aliphatic carbocycles. The third-order valence-corrected chi connectivity index (χ3v) is 4.66. The third kappa shape index (κ3) is 6.82. The molecule has 0 spiro atoms. The summed E-state index contributed by atoms with van der Waals surface area (Å²) in [5, 5.41) is 7.11. The highest BCUT2D eigenvalue weighted by atomic mass is 32.1. The monoisotopic (exact) mass is 385 g/mol. The number of benzene rings is 2. The first-order valence-electron chi connectivity index (χ1n) is 9.38. The molecule has 1 aliphatic heterocycles. The Hall–Kier alpha value is -2.15. The zero-order chi connectivity index (χ0) is 18.9. The summed E-state index contributed by atoms with van der Waals surface area (Å²) in [6, 6.07) is 15.8. The van der Waals surface area contributed by atoms with E-state index >= 15 is 0 Å². The summed E-state index contributed by atoms with van der Waals surface area (Å²) in [7, 11) is 0. The predicted molar refractivity (Wildman–Crippen MR) is 114 cm³/mol. The van der Waals surface area contributed by atoms with E-state index in [4.69, 9.17) is 21.7 Å². The summed E-state index contributed by atoms with van der Waals surface area (Å²) >= 11 is 5.37. The van der Waals surface area contributed by atoms with E-state index in [0.717, 1.165) is 63.0 Å². The van der Waals surface area contributed by atoms with Crippen molar-refractivity contribution in [3.05, 3.63) is 54.1 Å². The van der Waals surface area contributed by atoms with E-state index in [-0.39, 0.29) is 0 Å². The lowest BCUT2D eigenvalue weighted by Gasteiger charge is -2.26. The summed E-state index contributed by atoms with van der Waals surface area (Å²) < 4.78 is 11.2. The first-order chi connectivity index (χ1) is 13.2. The molecule has 5 nitrogen and oxygen atoms in total. The van der Waals surface area contributed by atoms with E-state index in [9.17, 15) is 0 Å². The van der Waals surface area contributed by atoms with Crippen LogP contribution in [0.25, 0.3) is 0 Å². The van der Waals surface area contributed by atoms with Gasteiger partial charge in [0.1, 0.15) is 11.5 Å². The SMILES string of the molecule is Cc1ccc(Oc2ccc(NC(=S)NCCCN3CCOCC3)cc2)cc1. The second kappa shape index (κ2) is 10.3. The molecular weight excluding hydrogens is 358 g/mol. The number of anilines is 1. The Morgan fingerprint density at radius 2 is 1.67 bits per heavy atom. The van der Waals surface area contributed by atoms with Gasteiger partial charge in [-0.05, 0) is 68.5 Å². The molecule has 0 unspecified atom stereocenters. The molecule has 6 heteroatoms. The van der Waals surface area contributed by atoms with Crippen LogP contribution in [0.4, 0.5) is 5.69 Å². The van der Waals surface area contributed by atoms with Crippen LogP contribution in [0.5, 0.6) is 11.5 Å². The molecule has 2 aromatic carbocycles. The Bertz CT molecular complexity index is 713. The molecule has 0 radical (unpaired) electrons. The normalized spacial score (nSPS) is 14.6. The van der Waals surface area contributed by atoms with Crippen LogP contribution in [-0.2, 0) is 4.74 Å². The summed E-state index contributed by atoms with van der Waals surface area (Å²) in [6.07, 6.45) is 1.06. The first kappa shape index (κ1) is 19.6. The van der Waals surface area contributed by atoms with Gasteiger partial charge in [-0.2, -0.15) is 0 Å². The third-order valence-electron chi connectivity index (χ3n) is 4.41. The lowest BCUT2D eigenvalue weighted by molar-refractivity contribution is 0.0376. The van der Waals surface area contributed by atoms with Gasteiger partial charge in [0.25, 0.3) is 0 Å². The molecule has 27 heavy (non-hydrogen) atoms. The molecular formula is C21H27N3O2S. The van der Waals surface area contributed by atoms with Crippen molar-refractivity contribution < 1.29 is 9.47 Å². The first-order valence-corrected chi connectivity index (χ1v) is 9.79. The Balaban J connectivity index is 1.37. The van der Waals surface area contributed by atoms with Gasteiger partial charge in [0, 0.05) is 25.3 Å². The van der Waals surface area contributed by atoms with Crippen LogP contribution >= 0.6 is 12.2 Å². The molecule has 144 valence electrons. The number of aryl methyl sites for hydroxylation is 1. The second-order valence-corrected chi connectivity index (χ2v) is 7.04. The number of nitrogens with one attached hydrogen (secondary N) is 2. The summed E-state index contributed by atoms with van der Waals surface area (Å²) in [5.41, 5.74) is 2.16. The Labute approximate surface area is 166 Å². The predicted octanol–water partition coefficient (Wildman–Crippen LogP) is 3.80. The Kier molecular flexibility index (Phi) is 7.45. The maximum absolute atomic E-state index is 5.84. The summed E-state index contributed by atoms with van der Waals surface area (Å²) in [4.78, 5) is 2.43. The molecule has 1 fully saturated rings. The Morgan fingerprint density at radius 3 is 2.33 bits per heavy atom. The number of nitrogens with zero attached hydrogens (tertiary/aromatic N) is 1. The number of morpholine rings is 1. The molecule has 2 aromatic rings. The molecule has 2 N–H and O–H groups in total. The van der Waals surface area contributed by atoms with E-state index in [1.165, 1.54) is 5.56 Å². The molecule has 0 aromatic heterocycles. The quantitative estimate of drug-likeness (QED) is 0.558. The highest BCUT2D eigenvalue weighted by molar-refractivity contribution is 7.80. The molecule has 0 bridgehead atoms. The van der Waals surface area contributed by atoms with Crippen LogP contribution in [0.3, 0.4) is 0 Å². The van der Waals surface area contributed by atoms with E-state index in [1.54, 1.807) is 0 Å². The minimum Gasteiger partial charge on any atom is -0.457 e. The van der Waals surface area contributed by atoms with Gasteiger partial charge in [0.15, 0.2) is 5.11 Å². The van der Waals surface area contributed by atoms with Crippen molar-refractivity contribution in [2.24, 2.45) is 0 Å². The van der Waals surface area contributed by atoms with Crippen molar-refractivity contribution in [3.8, 4) is 11.5 Å². The van der Waals surface area contributed by atoms with Gasteiger partial charge >= 0.3 is 0 Å². The van der Waals surface area contributed by atoms with Gasteiger partial charge in [-0.1, -0.05) is 17.7 Å². The molecule has 1 saturated heterocycles. The molecule has 0 amide bonds. The average Bonchev–Trinajstić information content (AvgIpc) is 2.69. The largest absolute Gasteiger partial charge is 0.457 e. The van der Waals surface area contributed by atoms with Crippen LogP contribution < -0.4 is 15.4 Å². The van der Waals surface area contributed by atoms with Gasteiger partial charge in [0.2, 0.25) is 0 Å². The van der Waals surface area contributed by atoms with Gasteiger partial charge < -0.3 is 20.1 Å². The zero-order valence-electron chi connectivity index (χ0n) is 15.7. The summed E-state index contributed by atoms with van der Waals surface area (Å²) in [5.74, 6) is 1.63. The molecule has 3 rings (SSSR count). The van der Waals surface area contributed by atoms with E-state index in [1.807, 2.05) is 48.5 Å². The van der Waals surface area contributed by atoms with Crippen molar-refractivity contribution in [3.63, 3.8) is 0 Å². The van der Waals surface area contributed by atoms with E-state index in [0.29, 0.717) is 5.11 Å². The van der Waals surface area contributed by atoms with Crippen LogP contribution in [0.2, 0.25) is 0 Å². The number of ether oxygens (including phenoxy) is 2. The second-order valence-electron chi connectivity index (χ2n) is 6.63. The van der Waals surface area contributed by atoms with Crippen molar-refractivity contribution in [1.29, 1.82) is 0 Å². The minimum atomic E-state index is 0.643. The van der Waals surface area contributed by atoms with Crippen LogP contribution in [0.15, 0.2) is 48.5 Å². The van der Waals surface area contributed by atoms with Crippen LogP contribution in [-0.4, -0.2) is 49.4 Å².